The van der Waals surface area contributed by atoms with Gasteiger partial charge in [-0.05, 0) is 24.3 Å². The molecular formula is C21H13Cl2N3O3. The molecule has 0 radical (unpaired) electrons. The summed E-state index contributed by atoms with van der Waals surface area (Å²) in [5.74, 6) is 0.0459. The number of hydrogen-bond donors (Lipinski definition) is 2. The lowest BCUT2D eigenvalue weighted by Gasteiger charge is -2.13. The number of nitrogens with one attached hydrogen (secondary N) is 2. The molecule has 0 fully saturated rings. The zero-order chi connectivity index (χ0) is 20.4. The number of halogens is 2. The van der Waals surface area contributed by atoms with Gasteiger partial charge in [-0.25, -0.2) is 4.98 Å². The average molecular weight is 426 g/mol. The van der Waals surface area contributed by atoms with E-state index in [1.807, 2.05) is 0 Å². The summed E-state index contributed by atoms with van der Waals surface area (Å²) < 4.78 is 5.76. The van der Waals surface area contributed by atoms with Gasteiger partial charge in [0, 0.05) is 23.2 Å². The number of amides is 1. The zero-order valence-electron chi connectivity index (χ0n) is 14.8. The molecule has 2 N–H and O–H groups in total. The van der Waals surface area contributed by atoms with Crippen LogP contribution in [0.5, 0.6) is 11.6 Å². The van der Waals surface area contributed by atoms with Crippen molar-refractivity contribution in [3.8, 4) is 11.6 Å². The summed E-state index contributed by atoms with van der Waals surface area (Å²) in [6.07, 6.45) is 1.41. The van der Waals surface area contributed by atoms with E-state index in [2.05, 4.69) is 15.3 Å². The van der Waals surface area contributed by atoms with Crippen LogP contribution in [0.2, 0.25) is 10.0 Å². The standard InChI is InChI=1S/C21H13Cl2N3O3/c22-12-9-15(23)21(24-11-12)29-18-8-4-3-7-17(18)26-20(28)14-10-19(27)25-16-6-2-1-5-13(14)16/h1-11H,(H,25,27)(H,26,28). The van der Waals surface area contributed by atoms with Crippen LogP contribution in [0.25, 0.3) is 10.9 Å². The molecule has 6 nitrogen and oxygen atoms in total. The summed E-state index contributed by atoms with van der Waals surface area (Å²) in [4.78, 5) is 31.6. The minimum Gasteiger partial charge on any atom is -0.435 e. The number of hydrogen-bond acceptors (Lipinski definition) is 4. The lowest BCUT2D eigenvalue weighted by atomic mass is 10.1. The summed E-state index contributed by atoms with van der Waals surface area (Å²) in [6.45, 7) is 0. The molecule has 0 spiro atoms. The Balaban J connectivity index is 1.67. The number of ether oxygens (including phenoxy) is 1. The quantitative estimate of drug-likeness (QED) is 0.466. The molecule has 29 heavy (non-hydrogen) atoms. The Hall–Kier alpha value is -3.35. The molecule has 8 heteroatoms. The van der Waals surface area contributed by atoms with E-state index in [0.29, 0.717) is 27.4 Å². The van der Waals surface area contributed by atoms with Crippen LogP contribution in [0.1, 0.15) is 10.4 Å². The van der Waals surface area contributed by atoms with Crippen LogP contribution in [-0.4, -0.2) is 15.9 Å². The van der Waals surface area contributed by atoms with Gasteiger partial charge in [-0.2, -0.15) is 0 Å². The number of rotatable bonds is 4. The highest BCUT2D eigenvalue weighted by Gasteiger charge is 2.15. The summed E-state index contributed by atoms with van der Waals surface area (Å²) in [6, 6.07) is 16.7. The zero-order valence-corrected chi connectivity index (χ0v) is 16.3. The minimum absolute atomic E-state index is 0.152. The van der Waals surface area contributed by atoms with Gasteiger partial charge in [0.2, 0.25) is 11.4 Å². The SMILES string of the molecule is O=C(Nc1ccccc1Oc1ncc(Cl)cc1Cl)c1cc(=O)[nH]c2ccccc12. The van der Waals surface area contributed by atoms with Gasteiger partial charge >= 0.3 is 0 Å². The van der Waals surface area contributed by atoms with Crippen molar-refractivity contribution in [1.29, 1.82) is 0 Å². The summed E-state index contributed by atoms with van der Waals surface area (Å²) in [7, 11) is 0. The molecule has 0 aliphatic rings. The van der Waals surface area contributed by atoms with Gasteiger partial charge in [0.25, 0.3) is 5.91 Å². The highest BCUT2D eigenvalue weighted by Crippen LogP contribution is 2.33. The van der Waals surface area contributed by atoms with E-state index in [1.165, 1.54) is 18.3 Å². The van der Waals surface area contributed by atoms with Crippen molar-refractivity contribution in [1.82, 2.24) is 9.97 Å². The van der Waals surface area contributed by atoms with Crippen LogP contribution in [0.4, 0.5) is 5.69 Å². The number of benzene rings is 2. The van der Waals surface area contributed by atoms with E-state index in [4.69, 9.17) is 27.9 Å². The first kappa shape index (κ1) is 19.0. The maximum atomic E-state index is 12.9. The third-order valence-electron chi connectivity index (χ3n) is 4.11. The fourth-order valence-electron chi connectivity index (χ4n) is 2.82. The number of aromatic amines is 1. The van der Waals surface area contributed by atoms with E-state index < -0.39 is 5.91 Å². The van der Waals surface area contributed by atoms with E-state index >= 15 is 0 Å². The van der Waals surface area contributed by atoms with Crippen molar-refractivity contribution < 1.29 is 9.53 Å². The van der Waals surface area contributed by atoms with Crippen LogP contribution in [0, 0.1) is 0 Å². The number of anilines is 1. The second kappa shape index (κ2) is 7.95. The van der Waals surface area contributed by atoms with Crippen molar-refractivity contribution in [2.45, 2.75) is 0 Å². The first-order valence-corrected chi connectivity index (χ1v) is 9.28. The van der Waals surface area contributed by atoms with Gasteiger partial charge in [-0.3, -0.25) is 9.59 Å². The maximum Gasteiger partial charge on any atom is 0.256 e. The predicted molar refractivity (Wildman–Crippen MR) is 113 cm³/mol. The molecule has 0 saturated carbocycles. The van der Waals surface area contributed by atoms with Crippen LogP contribution < -0.4 is 15.6 Å². The molecular weight excluding hydrogens is 413 g/mol. The van der Waals surface area contributed by atoms with Gasteiger partial charge in [0.1, 0.15) is 5.02 Å². The smallest absolute Gasteiger partial charge is 0.256 e. The highest BCUT2D eigenvalue weighted by molar-refractivity contribution is 6.35. The van der Waals surface area contributed by atoms with Gasteiger partial charge in [-0.15, -0.1) is 0 Å². The van der Waals surface area contributed by atoms with Crippen molar-refractivity contribution in [2.24, 2.45) is 0 Å². The van der Waals surface area contributed by atoms with E-state index in [-0.39, 0.29) is 22.0 Å². The molecule has 2 aromatic carbocycles. The Bertz CT molecular complexity index is 1290. The number of fused-ring (bicyclic) bond motifs is 1. The predicted octanol–water partition coefficient (Wildman–Crippen LogP) is 5.27. The maximum absolute atomic E-state index is 12.9. The van der Waals surface area contributed by atoms with Gasteiger partial charge < -0.3 is 15.0 Å². The third-order valence-corrected chi connectivity index (χ3v) is 4.59. The number of pyridine rings is 2. The molecule has 0 atom stereocenters. The average Bonchev–Trinajstić information content (AvgIpc) is 2.70. The van der Waals surface area contributed by atoms with Crippen LogP contribution in [0.15, 0.2) is 71.7 Å². The van der Waals surface area contributed by atoms with Crippen LogP contribution in [-0.2, 0) is 0 Å². The molecule has 0 aliphatic heterocycles. The van der Waals surface area contributed by atoms with Crippen molar-refractivity contribution in [2.75, 3.05) is 5.32 Å². The number of H-pyrrole nitrogens is 1. The van der Waals surface area contributed by atoms with Crippen molar-refractivity contribution >= 4 is 45.7 Å². The molecule has 2 heterocycles. The molecule has 4 rings (SSSR count). The number of nitrogens with zero attached hydrogens (tertiary/aromatic N) is 1. The van der Waals surface area contributed by atoms with Gasteiger partial charge in [0.05, 0.1) is 16.3 Å². The first-order valence-electron chi connectivity index (χ1n) is 8.52. The first-order chi connectivity index (χ1) is 14.0. The summed E-state index contributed by atoms with van der Waals surface area (Å²) >= 11 is 12.0. The second-order valence-corrected chi connectivity index (χ2v) is 6.93. The Morgan fingerprint density at radius 2 is 1.79 bits per heavy atom. The lowest BCUT2D eigenvalue weighted by molar-refractivity contribution is 0.102. The number of carbonyl (C=O) groups excluding carboxylic acids is 1. The Morgan fingerprint density at radius 3 is 2.62 bits per heavy atom. The van der Waals surface area contributed by atoms with E-state index in [0.717, 1.165) is 0 Å². The van der Waals surface area contributed by atoms with Crippen LogP contribution in [0.3, 0.4) is 0 Å². The molecule has 144 valence electrons. The highest BCUT2D eigenvalue weighted by atomic mass is 35.5. The van der Waals surface area contributed by atoms with Crippen molar-refractivity contribution in [3.63, 3.8) is 0 Å². The summed E-state index contributed by atoms with van der Waals surface area (Å²) in [5, 5.41) is 4.03. The Morgan fingerprint density at radius 1 is 1.03 bits per heavy atom. The fourth-order valence-corrected chi connectivity index (χ4v) is 3.24. The molecule has 2 aromatic heterocycles. The third kappa shape index (κ3) is 4.08. The molecule has 0 aliphatic carbocycles. The van der Waals surface area contributed by atoms with Crippen molar-refractivity contribution in [3.05, 3.63) is 92.8 Å². The van der Waals surface area contributed by atoms with Crippen LogP contribution >= 0.6 is 23.2 Å². The van der Waals surface area contributed by atoms with Gasteiger partial charge in [-0.1, -0.05) is 53.5 Å². The topological polar surface area (TPSA) is 84.1 Å². The monoisotopic (exact) mass is 425 g/mol. The molecule has 0 bridgehead atoms. The second-order valence-electron chi connectivity index (χ2n) is 6.09. The Kier molecular flexibility index (Phi) is 5.20. The molecule has 0 saturated heterocycles. The number of para-hydroxylation sites is 3. The largest absolute Gasteiger partial charge is 0.435 e. The molecule has 1 amide bonds. The summed E-state index contributed by atoms with van der Waals surface area (Å²) in [5.41, 5.74) is 0.860. The normalized spacial score (nSPS) is 10.7. The van der Waals surface area contributed by atoms with Gasteiger partial charge in [0.15, 0.2) is 5.75 Å². The Labute approximate surface area is 175 Å². The number of carbonyl (C=O) groups is 1. The molecule has 4 aromatic rings. The van der Waals surface area contributed by atoms with E-state index in [9.17, 15) is 9.59 Å². The van der Waals surface area contributed by atoms with E-state index in [1.54, 1.807) is 48.5 Å². The fraction of sp³-hybridized carbons (Fsp3) is 0. The molecule has 0 unspecified atom stereocenters. The number of aromatic nitrogens is 2. The lowest BCUT2D eigenvalue weighted by Crippen LogP contribution is -2.17. The minimum atomic E-state index is -0.446.